The number of anilines is 2. The van der Waals surface area contributed by atoms with Gasteiger partial charge in [-0.1, -0.05) is 38.1 Å². The van der Waals surface area contributed by atoms with Gasteiger partial charge in [-0.15, -0.1) is 5.10 Å². The fourth-order valence-corrected chi connectivity index (χ4v) is 6.43. The molecule has 3 N–H and O–H groups in total. The van der Waals surface area contributed by atoms with Crippen LogP contribution in [0.25, 0.3) is 21.7 Å². The van der Waals surface area contributed by atoms with Crippen molar-refractivity contribution < 1.29 is 0 Å². The Morgan fingerprint density at radius 1 is 1.09 bits per heavy atom. The molecule has 5 aromatic rings. The van der Waals surface area contributed by atoms with Gasteiger partial charge in [-0.05, 0) is 65.8 Å². The monoisotopic (exact) mass is 569 g/mol. The van der Waals surface area contributed by atoms with Gasteiger partial charge in [0.05, 0.1) is 40.1 Å². The van der Waals surface area contributed by atoms with Gasteiger partial charge in [0.1, 0.15) is 17.8 Å². The number of H-pyrrole nitrogens is 1. The Balaban J connectivity index is 1.38. The molecule has 0 unspecified atom stereocenters. The SMILES string of the molecule is CC(C)(C)CNc1c(C#N)cnc2c(C#N)cc(N[C@H](c3cn(C45CC(C4)C5)nn3)c3cccc4c(=O)[nH]ccc34)cc12. The van der Waals surface area contributed by atoms with Crippen molar-refractivity contribution in [3.63, 3.8) is 0 Å². The summed E-state index contributed by atoms with van der Waals surface area (Å²) in [6.45, 7) is 6.97. The van der Waals surface area contributed by atoms with E-state index in [2.05, 4.69) is 63.8 Å². The first-order valence-corrected chi connectivity index (χ1v) is 14.5. The highest BCUT2D eigenvalue weighted by molar-refractivity contribution is 5.99. The lowest BCUT2D eigenvalue weighted by atomic mass is 9.50. The summed E-state index contributed by atoms with van der Waals surface area (Å²) < 4.78 is 2.01. The number of hydrogen-bond acceptors (Lipinski definition) is 8. The van der Waals surface area contributed by atoms with Gasteiger partial charge in [-0.25, -0.2) is 4.68 Å². The van der Waals surface area contributed by atoms with Crippen molar-refractivity contribution in [2.24, 2.45) is 11.3 Å². The molecule has 3 aromatic heterocycles. The van der Waals surface area contributed by atoms with Gasteiger partial charge in [0.25, 0.3) is 5.56 Å². The molecule has 3 aliphatic carbocycles. The average molecular weight is 570 g/mol. The van der Waals surface area contributed by atoms with Crippen LogP contribution in [-0.2, 0) is 5.54 Å². The number of nitrogens with one attached hydrogen (secondary N) is 3. The van der Waals surface area contributed by atoms with Crippen LogP contribution in [0.2, 0.25) is 0 Å². The van der Waals surface area contributed by atoms with Crippen molar-refractivity contribution in [3.8, 4) is 12.1 Å². The molecule has 2 bridgehead atoms. The zero-order valence-corrected chi connectivity index (χ0v) is 24.3. The maximum Gasteiger partial charge on any atom is 0.255 e. The third-order valence-electron chi connectivity index (χ3n) is 8.78. The number of pyridine rings is 2. The standard InChI is InChI=1S/C33H31N9O/c1-32(2,3)18-38-29-21(15-35)16-37-28-20(14-34)9-22(10-26(28)29)39-30(24-5-4-6-25-23(24)7-8-36-31(25)43)27-17-42(41-40-27)33-11-19(12-33)13-33/h4-10,16-17,19,30,39H,11-13,18H2,1-3H3,(H,36,43)(H,37,38)/t19?,30-,33?/m0/s1. The number of hydrogen-bond donors (Lipinski definition) is 3. The summed E-state index contributed by atoms with van der Waals surface area (Å²) in [7, 11) is 0. The normalized spacial score (nSPS) is 19.6. The van der Waals surface area contributed by atoms with Crippen molar-refractivity contribution in [2.45, 2.75) is 51.6 Å². The minimum Gasteiger partial charge on any atom is -0.383 e. The van der Waals surface area contributed by atoms with Crippen LogP contribution in [0.4, 0.5) is 11.4 Å². The van der Waals surface area contributed by atoms with E-state index < -0.39 is 6.04 Å². The van der Waals surface area contributed by atoms with E-state index in [1.165, 1.54) is 6.20 Å². The number of rotatable bonds is 7. The van der Waals surface area contributed by atoms with E-state index in [4.69, 9.17) is 0 Å². The Morgan fingerprint density at radius 3 is 2.58 bits per heavy atom. The number of aromatic amines is 1. The molecule has 3 saturated carbocycles. The predicted molar refractivity (Wildman–Crippen MR) is 164 cm³/mol. The fourth-order valence-electron chi connectivity index (χ4n) is 6.43. The third kappa shape index (κ3) is 4.47. The summed E-state index contributed by atoms with van der Waals surface area (Å²) in [4.78, 5) is 20.0. The molecule has 214 valence electrons. The van der Waals surface area contributed by atoms with Crippen molar-refractivity contribution in [1.82, 2.24) is 25.0 Å². The van der Waals surface area contributed by atoms with Gasteiger partial charge in [0.15, 0.2) is 0 Å². The van der Waals surface area contributed by atoms with E-state index in [1.54, 1.807) is 18.3 Å². The summed E-state index contributed by atoms with van der Waals surface area (Å²) in [5.74, 6) is 0.793. The average Bonchev–Trinajstić information content (AvgIpc) is 3.41. The van der Waals surface area contributed by atoms with Crippen LogP contribution in [-0.4, -0.2) is 31.5 Å². The fraction of sp³-hybridized carbons (Fsp3) is 0.333. The van der Waals surface area contributed by atoms with Crippen LogP contribution in [0.15, 0.2) is 59.8 Å². The number of nitrogens with zero attached hydrogens (tertiary/aromatic N) is 6. The van der Waals surface area contributed by atoms with Gasteiger partial charge in [0.2, 0.25) is 0 Å². The Kier molecular flexibility index (Phi) is 6.00. The summed E-state index contributed by atoms with van der Waals surface area (Å²) in [5.41, 5.74) is 4.05. The minimum absolute atomic E-state index is 0.0419. The molecule has 0 amide bonds. The molecule has 8 rings (SSSR count). The van der Waals surface area contributed by atoms with Gasteiger partial charge in [-0.2, -0.15) is 10.5 Å². The van der Waals surface area contributed by atoms with E-state index in [0.717, 1.165) is 36.1 Å². The molecule has 0 saturated heterocycles. The van der Waals surface area contributed by atoms with E-state index in [1.807, 2.05) is 35.1 Å². The van der Waals surface area contributed by atoms with Crippen molar-refractivity contribution in [1.29, 1.82) is 10.5 Å². The largest absolute Gasteiger partial charge is 0.383 e. The highest BCUT2D eigenvalue weighted by atomic mass is 16.1. The summed E-state index contributed by atoms with van der Waals surface area (Å²) in [5, 5.41) is 38.3. The summed E-state index contributed by atoms with van der Waals surface area (Å²) in [6, 6.07) is 15.3. The van der Waals surface area contributed by atoms with Gasteiger partial charge >= 0.3 is 0 Å². The Hall–Kier alpha value is -5.22. The second kappa shape index (κ2) is 9.67. The second-order valence-corrected chi connectivity index (χ2v) is 13.1. The van der Waals surface area contributed by atoms with Crippen LogP contribution in [0, 0.1) is 34.0 Å². The molecule has 3 aliphatic rings. The molecule has 3 heterocycles. The molecule has 0 aliphatic heterocycles. The second-order valence-electron chi connectivity index (χ2n) is 13.1. The minimum atomic E-state index is -0.478. The number of aromatic nitrogens is 5. The Labute approximate surface area is 248 Å². The topological polar surface area (TPSA) is 148 Å². The predicted octanol–water partition coefficient (Wildman–Crippen LogP) is 5.58. The van der Waals surface area contributed by atoms with Gasteiger partial charge in [-0.3, -0.25) is 9.78 Å². The summed E-state index contributed by atoms with van der Waals surface area (Å²) >= 11 is 0. The lowest BCUT2D eigenvalue weighted by Crippen LogP contribution is -2.59. The quantitative estimate of drug-likeness (QED) is 0.230. The lowest BCUT2D eigenvalue weighted by Gasteiger charge is -2.61. The first kappa shape index (κ1) is 26.7. The lowest BCUT2D eigenvalue weighted by molar-refractivity contribution is -0.0989. The van der Waals surface area contributed by atoms with Crippen LogP contribution in [0.1, 0.15) is 68.5 Å². The summed E-state index contributed by atoms with van der Waals surface area (Å²) in [6.07, 6.45) is 8.57. The molecule has 3 fully saturated rings. The van der Waals surface area contributed by atoms with Crippen molar-refractivity contribution >= 4 is 33.1 Å². The smallest absolute Gasteiger partial charge is 0.255 e. The highest BCUT2D eigenvalue weighted by Crippen LogP contribution is 2.62. The Bertz CT molecular complexity index is 2040. The van der Waals surface area contributed by atoms with E-state index >= 15 is 0 Å². The maximum absolute atomic E-state index is 12.7. The van der Waals surface area contributed by atoms with Crippen LogP contribution < -0.4 is 16.2 Å². The molecule has 43 heavy (non-hydrogen) atoms. The molecular weight excluding hydrogens is 538 g/mol. The molecule has 1 atom stereocenters. The molecule has 10 nitrogen and oxygen atoms in total. The maximum atomic E-state index is 12.7. The van der Waals surface area contributed by atoms with E-state index in [9.17, 15) is 15.3 Å². The third-order valence-corrected chi connectivity index (χ3v) is 8.78. The van der Waals surface area contributed by atoms with E-state index in [-0.39, 0.29) is 16.5 Å². The highest BCUT2D eigenvalue weighted by Gasteiger charge is 2.58. The number of benzene rings is 2. The van der Waals surface area contributed by atoms with Crippen LogP contribution >= 0.6 is 0 Å². The number of nitriles is 2. The Morgan fingerprint density at radius 2 is 1.88 bits per heavy atom. The first-order valence-electron chi connectivity index (χ1n) is 14.5. The molecular formula is C33H31N9O. The van der Waals surface area contributed by atoms with Crippen molar-refractivity contribution in [2.75, 3.05) is 17.2 Å². The van der Waals surface area contributed by atoms with Crippen LogP contribution in [0.3, 0.4) is 0 Å². The molecule has 2 aromatic carbocycles. The number of fused-ring (bicyclic) bond motifs is 2. The van der Waals surface area contributed by atoms with Crippen LogP contribution in [0.5, 0.6) is 0 Å². The van der Waals surface area contributed by atoms with E-state index in [0.29, 0.717) is 51.0 Å². The first-order chi connectivity index (χ1) is 20.7. The van der Waals surface area contributed by atoms with Crippen molar-refractivity contribution in [3.05, 3.63) is 87.7 Å². The molecule has 10 heteroatoms. The van der Waals surface area contributed by atoms with Gasteiger partial charge in [0, 0.05) is 35.4 Å². The molecule has 0 spiro atoms. The zero-order valence-electron chi connectivity index (χ0n) is 24.3. The molecule has 0 radical (unpaired) electrons. The zero-order chi connectivity index (χ0) is 29.9. The van der Waals surface area contributed by atoms with Gasteiger partial charge < -0.3 is 15.6 Å².